The van der Waals surface area contributed by atoms with Crippen LogP contribution in [0.1, 0.15) is 6.42 Å². The first-order chi connectivity index (χ1) is 11.1. The highest BCUT2D eigenvalue weighted by atomic mass is 35.5. The molecule has 1 saturated heterocycles. The Labute approximate surface area is 140 Å². The fourth-order valence-corrected chi connectivity index (χ4v) is 2.59. The Kier molecular flexibility index (Phi) is 4.96. The zero-order valence-electron chi connectivity index (χ0n) is 11.9. The van der Waals surface area contributed by atoms with E-state index in [0.717, 1.165) is 13.0 Å². The minimum absolute atomic E-state index is 0.0717. The molecule has 23 heavy (non-hydrogen) atoms. The molecule has 3 rings (SSSR count). The molecule has 2 aromatic rings. The molecule has 0 unspecified atom stereocenters. The number of H-pyrrole nitrogens is 1. The molecule has 0 spiro atoms. The molecule has 10 heteroatoms. The normalized spacial score (nSPS) is 18.8. The third-order valence-corrected chi connectivity index (χ3v) is 3.76. The van der Waals surface area contributed by atoms with E-state index in [-0.39, 0.29) is 34.7 Å². The predicted molar refractivity (Wildman–Crippen MR) is 82.9 cm³/mol. The van der Waals surface area contributed by atoms with E-state index in [1.54, 1.807) is 0 Å². The van der Waals surface area contributed by atoms with Gasteiger partial charge in [-0.05, 0) is 24.6 Å². The van der Waals surface area contributed by atoms with Gasteiger partial charge in [0.1, 0.15) is 17.5 Å². The van der Waals surface area contributed by atoms with Crippen molar-refractivity contribution in [2.75, 3.05) is 26.4 Å². The van der Waals surface area contributed by atoms with E-state index in [1.165, 1.54) is 0 Å². The van der Waals surface area contributed by atoms with Gasteiger partial charge in [0, 0.05) is 6.61 Å². The van der Waals surface area contributed by atoms with Gasteiger partial charge in [-0.2, -0.15) is 4.98 Å². The first-order valence-corrected chi connectivity index (χ1v) is 7.70. The van der Waals surface area contributed by atoms with Crippen LogP contribution in [0.15, 0.2) is 4.79 Å². The fourth-order valence-electron chi connectivity index (χ4n) is 2.25. The monoisotopic (exact) mass is 362 g/mol. The lowest BCUT2D eigenvalue weighted by molar-refractivity contribution is 0.113. The van der Waals surface area contributed by atoms with Gasteiger partial charge in [-0.1, -0.05) is 11.6 Å². The summed E-state index contributed by atoms with van der Waals surface area (Å²) in [6.07, 6.45) is 0.905. The van der Waals surface area contributed by atoms with Crippen LogP contribution in [0, 0.1) is 5.82 Å². The highest BCUT2D eigenvalue weighted by Crippen LogP contribution is 2.27. The van der Waals surface area contributed by atoms with Crippen LogP contribution >= 0.6 is 23.2 Å². The predicted octanol–water partition coefficient (Wildman–Crippen LogP) is 1.52. The molecule has 1 aliphatic heterocycles. The van der Waals surface area contributed by atoms with Gasteiger partial charge in [-0.25, -0.2) is 9.37 Å². The summed E-state index contributed by atoms with van der Waals surface area (Å²) in [4.78, 5) is 21.9. The minimum atomic E-state index is -0.919. The first-order valence-electron chi connectivity index (χ1n) is 6.94. The van der Waals surface area contributed by atoms with Gasteiger partial charge in [0.15, 0.2) is 11.0 Å². The Hall–Kier alpha value is -1.48. The number of aromatic nitrogens is 3. The molecule has 0 aromatic carbocycles. The van der Waals surface area contributed by atoms with E-state index in [9.17, 15) is 9.18 Å². The van der Waals surface area contributed by atoms with E-state index in [2.05, 4.69) is 20.3 Å². The zero-order valence-corrected chi connectivity index (χ0v) is 13.4. The van der Waals surface area contributed by atoms with E-state index in [0.29, 0.717) is 13.2 Å². The minimum Gasteiger partial charge on any atom is -0.475 e. The van der Waals surface area contributed by atoms with E-state index in [4.69, 9.17) is 32.7 Å². The SMILES string of the molecule is O=c1[nH]c(Cl)nc2c(F)c(Cl)nc(OC[C@@H]3COCCCN3)c12. The second-order valence-electron chi connectivity index (χ2n) is 4.99. The molecule has 1 atom stereocenters. The van der Waals surface area contributed by atoms with Gasteiger partial charge < -0.3 is 14.8 Å². The number of fused-ring (bicyclic) bond motifs is 1. The molecule has 0 saturated carbocycles. The highest BCUT2D eigenvalue weighted by Gasteiger charge is 2.20. The number of hydrogen-bond acceptors (Lipinski definition) is 6. The van der Waals surface area contributed by atoms with Crippen molar-refractivity contribution in [1.82, 2.24) is 20.3 Å². The second-order valence-corrected chi connectivity index (χ2v) is 5.71. The summed E-state index contributed by atoms with van der Waals surface area (Å²) in [6, 6.07) is -0.0717. The number of nitrogens with zero attached hydrogens (tertiary/aromatic N) is 2. The largest absolute Gasteiger partial charge is 0.475 e. The van der Waals surface area contributed by atoms with Crippen LogP contribution in [0.3, 0.4) is 0 Å². The second kappa shape index (κ2) is 6.96. The third kappa shape index (κ3) is 3.55. The molecule has 1 aliphatic rings. The Bertz CT molecular complexity index is 778. The molecule has 3 heterocycles. The molecule has 124 valence electrons. The van der Waals surface area contributed by atoms with Crippen molar-refractivity contribution in [3.05, 3.63) is 26.6 Å². The van der Waals surface area contributed by atoms with E-state index < -0.39 is 16.5 Å². The van der Waals surface area contributed by atoms with Crippen LogP contribution in [0.5, 0.6) is 5.88 Å². The lowest BCUT2D eigenvalue weighted by Crippen LogP contribution is -2.37. The molecular weight excluding hydrogens is 350 g/mol. The summed E-state index contributed by atoms with van der Waals surface area (Å²) in [5, 5.41) is 2.43. The summed E-state index contributed by atoms with van der Waals surface area (Å²) in [6.45, 7) is 2.12. The number of ether oxygens (including phenoxy) is 2. The molecular formula is C13H13Cl2FN4O3. The molecule has 2 N–H and O–H groups in total. The van der Waals surface area contributed by atoms with Crippen molar-refractivity contribution in [3.8, 4) is 5.88 Å². The van der Waals surface area contributed by atoms with Crippen molar-refractivity contribution in [3.63, 3.8) is 0 Å². The average molecular weight is 363 g/mol. The average Bonchev–Trinajstić information content (AvgIpc) is 2.78. The maximum absolute atomic E-state index is 14.0. The number of aromatic amines is 1. The smallest absolute Gasteiger partial charge is 0.265 e. The van der Waals surface area contributed by atoms with Crippen molar-refractivity contribution >= 4 is 34.1 Å². The van der Waals surface area contributed by atoms with Crippen LogP contribution in [-0.2, 0) is 4.74 Å². The van der Waals surface area contributed by atoms with Crippen molar-refractivity contribution in [2.45, 2.75) is 12.5 Å². The topological polar surface area (TPSA) is 89.1 Å². The molecule has 0 aliphatic carbocycles. The maximum atomic E-state index is 14.0. The highest BCUT2D eigenvalue weighted by molar-refractivity contribution is 6.30. The molecule has 0 amide bonds. The number of hydrogen-bond donors (Lipinski definition) is 2. The summed E-state index contributed by atoms with van der Waals surface area (Å²) in [5.41, 5.74) is -0.929. The summed E-state index contributed by atoms with van der Waals surface area (Å²) in [7, 11) is 0. The molecule has 0 radical (unpaired) electrons. The third-order valence-electron chi connectivity index (χ3n) is 3.33. The standard InChI is InChI=1S/C13H13Cl2FN4O3/c14-10-8(16)9-7(11(21)20-13(15)18-9)12(19-10)23-5-6-4-22-3-1-2-17-6/h6,17H,1-5H2,(H,18,20,21)/t6-/m0/s1. The van der Waals surface area contributed by atoms with Crippen molar-refractivity contribution in [2.24, 2.45) is 0 Å². The Morgan fingerprint density at radius 3 is 3.04 bits per heavy atom. The maximum Gasteiger partial charge on any atom is 0.265 e. The quantitative estimate of drug-likeness (QED) is 0.635. The van der Waals surface area contributed by atoms with Crippen LogP contribution in [0.2, 0.25) is 10.4 Å². The number of pyridine rings is 1. The van der Waals surface area contributed by atoms with Gasteiger partial charge in [-0.15, -0.1) is 0 Å². The Balaban J connectivity index is 1.94. The molecule has 0 bridgehead atoms. The lowest BCUT2D eigenvalue weighted by Gasteiger charge is -2.16. The number of halogens is 3. The Morgan fingerprint density at radius 1 is 1.39 bits per heavy atom. The van der Waals surface area contributed by atoms with Crippen LogP contribution in [0.4, 0.5) is 4.39 Å². The number of nitrogens with one attached hydrogen (secondary N) is 2. The van der Waals surface area contributed by atoms with Gasteiger partial charge in [0.25, 0.3) is 5.56 Å². The molecule has 7 nitrogen and oxygen atoms in total. The summed E-state index contributed by atoms with van der Waals surface area (Å²) >= 11 is 11.4. The number of rotatable bonds is 3. The van der Waals surface area contributed by atoms with Gasteiger partial charge in [0.2, 0.25) is 11.2 Å². The van der Waals surface area contributed by atoms with Crippen LogP contribution in [-0.4, -0.2) is 47.4 Å². The Morgan fingerprint density at radius 2 is 2.22 bits per heavy atom. The van der Waals surface area contributed by atoms with E-state index in [1.807, 2.05) is 0 Å². The summed E-state index contributed by atoms with van der Waals surface area (Å²) in [5.74, 6) is -1.01. The first kappa shape index (κ1) is 16.4. The fraction of sp³-hybridized carbons (Fsp3) is 0.462. The zero-order chi connectivity index (χ0) is 16.4. The molecule has 1 fully saturated rings. The van der Waals surface area contributed by atoms with Gasteiger partial charge in [-0.3, -0.25) is 9.78 Å². The lowest BCUT2D eigenvalue weighted by atomic mass is 10.3. The van der Waals surface area contributed by atoms with Gasteiger partial charge >= 0.3 is 0 Å². The van der Waals surface area contributed by atoms with E-state index >= 15 is 0 Å². The summed E-state index contributed by atoms with van der Waals surface area (Å²) < 4.78 is 25.0. The molecule has 2 aromatic heterocycles. The van der Waals surface area contributed by atoms with Crippen molar-refractivity contribution in [1.29, 1.82) is 0 Å². The van der Waals surface area contributed by atoms with Crippen LogP contribution < -0.4 is 15.6 Å². The van der Waals surface area contributed by atoms with Crippen molar-refractivity contribution < 1.29 is 13.9 Å². The van der Waals surface area contributed by atoms with Crippen LogP contribution in [0.25, 0.3) is 10.9 Å². The van der Waals surface area contributed by atoms with Gasteiger partial charge in [0.05, 0.1) is 12.6 Å².